The Morgan fingerprint density at radius 1 is 1.15 bits per heavy atom. The second kappa shape index (κ2) is 6.94. The third-order valence-electron chi connectivity index (χ3n) is 5.37. The highest BCUT2D eigenvalue weighted by atomic mass is 16.5. The average molecular weight is 365 g/mol. The fourth-order valence-corrected chi connectivity index (χ4v) is 3.65. The van der Waals surface area contributed by atoms with E-state index in [1.807, 2.05) is 6.07 Å². The number of rotatable bonds is 5. The van der Waals surface area contributed by atoms with Gasteiger partial charge in [0.15, 0.2) is 5.82 Å². The molecule has 0 radical (unpaired) electrons. The van der Waals surface area contributed by atoms with Gasteiger partial charge < -0.3 is 14.0 Å². The molecule has 2 fully saturated rings. The van der Waals surface area contributed by atoms with E-state index in [9.17, 15) is 0 Å². The molecule has 0 N–H and O–H groups in total. The molecule has 6 heteroatoms. The van der Waals surface area contributed by atoms with Crippen molar-refractivity contribution in [2.75, 3.05) is 26.8 Å². The summed E-state index contributed by atoms with van der Waals surface area (Å²) in [6.45, 7) is 3.13. The van der Waals surface area contributed by atoms with Crippen molar-refractivity contribution in [3.8, 4) is 5.75 Å². The first-order valence-corrected chi connectivity index (χ1v) is 9.52. The van der Waals surface area contributed by atoms with Crippen LogP contribution < -0.4 is 4.74 Å². The molecule has 1 saturated heterocycles. The standard InChI is InChI=1S/C21H23N3O3/c1-25-18-7-6-15-10-17(5-4-16(15)11-18)19-12-24(8-9-26-19)13-20-22-21(27-23-20)14-2-3-14/h4-7,10-11,14,19H,2-3,8-9,12-13H2,1H3/t19-/m1/s1. The molecule has 0 unspecified atom stereocenters. The molecule has 0 spiro atoms. The smallest absolute Gasteiger partial charge is 0.229 e. The molecule has 0 bridgehead atoms. The summed E-state index contributed by atoms with van der Waals surface area (Å²) < 4.78 is 16.7. The van der Waals surface area contributed by atoms with Gasteiger partial charge in [-0.1, -0.05) is 23.4 Å². The normalized spacial score (nSPS) is 20.9. The summed E-state index contributed by atoms with van der Waals surface area (Å²) >= 11 is 0. The van der Waals surface area contributed by atoms with Crippen LogP contribution in [0, 0.1) is 0 Å². The number of nitrogens with zero attached hydrogens (tertiary/aromatic N) is 3. The van der Waals surface area contributed by atoms with E-state index in [-0.39, 0.29) is 6.10 Å². The molecule has 1 aliphatic heterocycles. The van der Waals surface area contributed by atoms with Gasteiger partial charge in [-0.05, 0) is 47.4 Å². The summed E-state index contributed by atoms with van der Waals surface area (Å²) in [5, 5.41) is 6.51. The van der Waals surface area contributed by atoms with Crippen molar-refractivity contribution in [3.05, 3.63) is 53.7 Å². The minimum absolute atomic E-state index is 0.0556. The molecule has 1 atom stereocenters. The maximum absolute atomic E-state index is 6.05. The lowest BCUT2D eigenvalue weighted by Crippen LogP contribution is -2.38. The molecule has 2 aliphatic rings. The molecule has 3 aromatic rings. The summed E-state index contributed by atoms with van der Waals surface area (Å²) in [7, 11) is 1.69. The van der Waals surface area contributed by atoms with Crippen molar-refractivity contribution < 1.29 is 14.0 Å². The molecule has 140 valence electrons. The quantitative estimate of drug-likeness (QED) is 0.687. The van der Waals surface area contributed by atoms with Crippen LogP contribution in [0.3, 0.4) is 0 Å². The molecule has 5 rings (SSSR count). The zero-order valence-electron chi connectivity index (χ0n) is 15.4. The third kappa shape index (κ3) is 3.55. The van der Waals surface area contributed by atoms with Crippen molar-refractivity contribution in [3.63, 3.8) is 0 Å². The van der Waals surface area contributed by atoms with Crippen LogP contribution in [-0.2, 0) is 11.3 Å². The molecule has 2 heterocycles. The summed E-state index contributed by atoms with van der Waals surface area (Å²) in [6.07, 6.45) is 2.41. The van der Waals surface area contributed by atoms with E-state index in [0.29, 0.717) is 19.1 Å². The van der Waals surface area contributed by atoms with Gasteiger partial charge >= 0.3 is 0 Å². The van der Waals surface area contributed by atoms with E-state index < -0.39 is 0 Å². The van der Waals surface area contributed by atoms with Crippen LogP contribution in [0.4, 0.5) is 0 Å². The molecule has 6 nitrogen and oxygen atoms in total. The number of ether oxygens (including phenoxy) is 2. The van der Waals surface area contributed by atoms with Crippen LogP contribution in [0.2, 0.25) is 0 Å². The van der Waals surface area contributed by atoms with E-state index >= 15 is 0 Å². The summed E-state index contributed by atoms with van der Waals surface area (Å²) in [5.74, 6) is 2.96. The van der Waals surface area contributed by atoms with E-state index in [1.54, 1.807) is 7.11 Å². The number of aromatic nitrogens is 2. The van der Waals surface area contributed by atoms with Gasteiger partial charge in [0, 0.05) is 19.0 Å². The Hall–Kier alpha value is -2.44. The topological polar surface area (TPSA) is 60.6 Å². The monoisotopic (exact) mass is 365 g/mol. The zero-order valence-corrected chi connectivity index (χ0v) is 15.4. The first-order valence-electron chi connectivity index (χ1n) is 9.52. The Morgan fingerprint density at radius 2 is 2.00 bits per heavy atom. The van der Waals surface area contributed by atoms with Gasteiger partial charge in [-0.3, -0.25) is 4.90 Å². The van der Waals surface area contributed by atoms with Gasteiger partial charge in [0.1, 0.15) is 5.75 Å². The van der Waals surface area contributed by atoms with Crippen LogP contribution in [0.5, 0.6) is 5.75 Å². The van der Waals surface area contributed by atoms with Crippen LogP contribution in [0.1, 0.15) is 42.1 Å². The fraction of sp³-hybridized carbons (Fsp3) is 0.429. The van der Waals surface area contributed by atoms with E-state index in [2.05, 4.69) is 45.4 Å². The van der Waals surface area contributed by atoms with Crippen molar-refractivity contribution in [2.24, 2.45) is 0 Å². The molecule has 1 aliphatic carbocycles. The molecule has 0 amide bonds. The van der Waals surface area contributed by atoms with Crippen molar-refractivity contribution in [1.29, 1.82) is 0 Å². The second-order valence-corrected chi connectivity index (χ2v) is 7.39. The Kier molecular flexibility index (Phi) is 4.30. The molecule has 2 aromatic carbocycles. The van der Waals surface area contributed by atoms with Gasteiger partial charge in [-0.2, -0.15) is 4.98 Å². The van der Waals surface area contributed by atoms with E-state index in [4.69, 9.17) is 14.0 Å². The lowest BCUT2D eigenvalue weighted by Gasteiger charge is -2.32. The van der Waals surface area contributed by atoms with Gasteiger partial charge in [-0.25, -0.2) is 0 Å². The number of methoxy groups -OCH3 is 1. The highest BCUT2D eigenvalue weighted by Crippen LogP contribution is 2.39. The van der Waals surface area contributed by atoms with E-state index in [0.717, 1.165) is 30.6 Å². The van der Waals surface area contributed by atoms with Crippen molar-refractivity contribution >= 4 is 10.8 Å². The highest BCUT2D eigenvalue weighted by Gasteiger charge is 2.30. The number of benzene rings is 2. The SMILES string of the molecule is COc1ccc2cc([C@H]3CN(Cc4noc(C5CC5)n4)CCO3)ccc2c1. The Balaban J connectivity index is 1.30. The molecular formula is C21H23N3O3. The van der Waals surface area contributed by atoms with Gasteiger partial charge in [0.2, 0.25) is 5.89 Å². The minimum Gasteiger partial charge on any atom is -0.497 e. The molecular weight excluding hydrogens is 342 g/mol. The Morgan fingerprint density at radius 3 is 2.85 bits per heavy atom. The van der Waals surface area contributed by atoms with E-state index in [1.165, 1.54) is 29.2 Å². The first-order chi connectivity index (χ1) is 13.3. The molecule has 1 aromatic heterocycles. The molecule has 1 saturated carbocycles. The predicted molar refractivity (Wildman–Crippen MR) is 101 cm³/mol. The summed E-state index contributed by atoms with van der Waals surface area (Å²) in [6, 6.07) is 12.6. The highest BCUT2D eigenvalue weighted by molar-refractivity contribution is 5.84. The Labute approximate surface area is 158 Å². The van der Waals surface area contributed by atoms with Gasteiger partial charge in [0.25, 0.3) is 0 Å². The van der Waals surface area contributed by atoms with Gasteiger partial charge in [-0.15, -0.1) is 0 Å². The first kappa shape index (κ1) is 16.7. The van der Waals surface area contributed by atoms with Crippen LogP contribution in [0.25, 0.3) is 10.8 Å². The number of hydrogen-bond acceptors (Lipinski definition) is 6. The zero-order chi connectivity index (χ0) is 18.2. The Bertz CT molecular complexity index is 951. The minimum atomic E-state index is 0.0556. The van der Waals surface area contributed by atoms with Crippen molar-refractivity contribution in [1.82, 2.24) is 15.0 Å². The van der Waals surface area contributed by atoms with Gasteiger partial charge in [0.05, 0.1) is 26.4 Å². The average Bonchev–Trinajstić information content (AvgIpc) is 3.47. The number of fused-ring (bicyclic) bond motifs is 1. The molecule has 27 heavy (non-hydrogen) atoms. The van der Waals surface area contributed by atoms with Crippen LogP contribution >= 0.6 is 0 Å². The lowest BCUT2D eigenvalue weighted by molar-refractivity contribution is -0.0337. The predicted octanol–water partition coefficient (Wildman–Crippen LogP) is 3.68. The summed E-state index contributed by atoms with van der Waals surface area (Å²) in [5.41, 5.74) is 1.20. The third-order valence-corrected chi connectivity index (χ3v) is 5.37. The number of hydrogen-bond donors (Lipinski definition) is 0. The van der Waals surface area contributed by atoms with Crippen LogP contribution in [-0.4, -0.2) is 41.8 Å². The lowest BCUT2D eigenvalue weighted by atomic mass is 10.0. The fourth-order valence-electron chi connectivity index (χ4n) is 3.65. The van der Waals surface area contributed by atoms with Crippen molar-refractivity contribution in [2.45, 2.75) is 31.4 Å². The summed E-state index contributed by atoms with van der Waals surface area (Å²) in [4.78, 5) is 6.89. The maximum atomic E-state index is 6.05. The largest absolute Gasteiger partial charge is 0.497 e. The number of morpholine rings is 1. The van der Waals surface area contributed by atoms with Crippen LogP contribution in [0.15, 0.2) is 40.9 Å². The maximum Gasteiger partial charge on any atom is 0.229 e. The second-order valence-electron chi connectivity index (χ2n) is 7.39.